The lowest BCUT2D eigenvalue weighted by Crippen LogP contribution is -2.21. The summed E-state index contributed by atoms with van der Waals surface area (Å²) in [6.07, 6.45) is -2.53. The number of aromatic nitrogens is 1. The number of likely N-dealkylation sites (tertiary alicyclic amines) is 1. The molecule has 1 fully saturated rings. The zero-order valence-corrected chi connectivity index (χ0v) is 21.3. The van der Waals surface area contributed by atoms with Crippen LogP contribution < -0.4 is 5.73 Å². The minimum absolute atomic E-state index is 0.000114. The number of hydrogen-bond donors (Lipinski definition) is 4. The van der Waals surface area contributed by atoms with Gasteiger partial charge in [-0.3, -0.25) is 9.69 Å². The molecule has 208 valence electrons. The third kappa shape index (κ3) is 6.86. The number of aliphatic carboxylic acids is 1. The van der Waals surface area contributed by atoms with Crippen LogP contribution in [0, 0.1) is 0 Å². The molecule has 3 aromatic carbocycles. The van der Waals surface area contributed by atoms with Crippen LogP contribution in [-0.4, -0.2) is 57.0 Å². The Morgan fingerprint density at radius 1 is 0.950 bits per heavy atom. The SMILES string of the molecule is NC(=O)c1ccc2c(C(=Nc3ccc(CN4CCCC4)cc3)c3ccccc3)c(O)[nH]c2c1.O=C(O)C(F)(F)F. The number of rotatable bonds is 6. The number of aromatic amines is 1. The Kier molecular flexibility index (Phi) is 8.54. The largest absolute Gasteiger partial charge is 0.494 e. The molecule has 1 aromatic heterocycles. The van der Waals surface area contributed by atoms with Crippen LogP contribution in [0.1, 0.15) is 39.9 Å². The molecule has 5 rings (SSSR count). The fourth-order valence-corrected chi connectivity index (χ4v) is 4.44. The number of nitrogens with zero attached hydrogens (tertiary/aromatic N) is 2. The van der Waals surface area contributed by atoms with Crippen LogP contribution in [0.3, 0.4) is 0 Å². The van der Waals surface area contributed by atoms with Gasteiger partial charge in [-0.1, -0.05) is 48.5 Å². The van der Waals surface area contributed by atoms with Crippen molar-refractivity contribution in [2.24, 2.45) is 10.7 Å². The Bertz CT molecular complexity index is 1520. The first-order chi connectivity index (χ1) is 19.0. The molecule has 0 bridgehead atoms. The molecule has 0 atom stereocenters. The van der Waals surface area contributed by atoms with Crippen LogP contribution in [0.15, 0.2) is 77.8 Å². The summed E-state index contributed by atoms with van der Waals surface area (Å²) < 4.78 is 31.7. The number of aliphatic imine (C=N–C) groups is 1. The molecule has 0 unspecified atom stereocenters. The molecule has 5 N–H and O–H groups in total. The fourth-order valence-electron chi connectivity index (χ4n) is 4.44. The van der Waals surface area contributed by atoms with E-state index in [2.05, 4.69) is 22.0 Å². The first-order valence-electron chi connectivity index (χ1n) is 12.4. The lowest BCUT2D eigenvalue weighted by Gasteiger charge is -2.14. The number of amides is 1. The van der Waals surface area contributed by atoms with E-state index >= 15 is 0 Å². The number of hydrogen-bond acceptors (Lipinski definition) is 5. The van der Waals surface area contributed by atoms with Gasteiger partial charge in [-0.25, -0.2) is 9.79 Å². The van der Waals surface area contributed by atoms with Gasteiger partial charge in [-0.2, -0.15) is 13.2 Å². The number of aromatic hydroxyl groups is 1. The second kappa shape index (κ2) is 12.0. The molecular formula is C29H27F3N4O4. The third-order valence-corrected chi connectivity index (χ3v) is 6.37. The summed E-state index contributed by atoms with van der Waals surface area (Å²) in [5.41, 5.74) is 10.6. The molecule has 8 nitrogen and oxygen atoms in total. The van der Waals surface area contributed by atoms with Gasteiger partial charge in [-0.15, -0.1) is 0 Å². The maximum absolute atomic E-state index is 11.6. The van der Waals surface area contributed by atoms with E-state index in [1.54, 1.807) is 18.2 Å². The van der Waals surface area contributed by atoms with Crippen molar-refractivity contribution in [1.29, 1.82) is 0 Å². The van der Waals surface area contributed by atoms with E-state index in [0.29, 0.717) is 22.4 Å². The molecule has 1 aliphatic heterocycles. The molecular weight excluding hydrogens is 525 g/mol. The van der Waals surface area contributed by atoms with Crippen molar-refractivity contribution in [2.75, 3.05) is 13.1 Å². The average Bonchev–Trinajstić information content (AvgIpc) is 3.55. The first-order valence-corrected chi connectivity index (χ1v) is 12.4. The van der Waals surface area contributed by atoms with Crippen LogP contribution in [-0.2, 0) is 11.3 Å². The summed E-state index contributed by atoms with van der Waals surface area (Å²) in [4.78, 5) is 30.9. The van der Waals surface area contributed by atoms with Crippen LogP contribution in [0.5, 0.6) is 5.88 Å². The molecule has 11 heteroatoms. The fraction of sp³-hybridized carbons (Fsp3) is 0.207. The van der Waals surface area contributed by atoms with Crippen molar-refractivity contribution < 1.29 is 33.0 Å². The topological polar surface area (TPSA) is 132 Å². The Hall–Kier alpha value is -4.64. The van der Waals surface area contributed by atoms with Gasteiger partial charge in [0.05, 0.1) is 17.0 Å². The van der Waals surface area contributed by atoms with E-state index < -0.39 is 18.1 Å². The van der Waals surface area contributed by atoms with Crippen LogP contribution in [0.25, 0.3) is 10.9 Å². The number of benzene rings is 3. The van der Waals surface area contributed by atoms with Crippen molar-refractivity contribution in [2.45, 2.75) is 25.6 Å². The van der Waals surface area contributed by atoms with E-state index in [-0.39, 0.29) is 5.88 Å². The van der Waals surface area contributed by atoms with Crippen molar-refractivity contribution in [3.05, 3.63) is 95.1 Å². The van der Waals surface area contributed by atoms with Crippen LogP contribution >= 0.6 is 0 Å². The van der Waals surface area contributed by atoms with Gasteiger partial charge < -0.3 is 20.9 Å². The summed E-state index contributed by atoms with van der Waals surface area (Å²) in [6, 6.07) is 23.2. The van der Waals surface area contributed by atoms with Gasteiger partial charge in [0.2, 0.25) is 5.91 Å². The van der Waals surface area contributed by atoms with E-state index in [1.807, 2.05) is 42.5 Å². The molecule has 2 heterocycles. The Balaban J connectivity index is 0.000000470. The molecule has 1 amide bonds. The number of carboxylic acid groups (broad SMARTS) is 1. The molecule has 1 aliphatic rings. The minimum Gasteiger partial charge on any atom is -0.494 e. The monoisotopic (exact) mass is 552 g/mol. The molecule has 0 spiro atoms. The molecule has 1 saturated heterocycles. The van der Waals surface area contributed by atoms with Crippen molar-refractivity contribution >= 4 is 34.2 Å². The molecule has 0 radical (unpaired) electrons. The number of alkyl halides is 3. The number of primary amides is 1. The number of nitrogens with one attached hydrogen (secondary N) is 1. The molecule has 0 aliphatic carbocycles. The highest BCUT2D eigenvalue weighted by molar-refractivity contribution is 6.22. The third-order valence-electron chi connectivity index (χ3n) is 6.37. The minimum atomic E-state index is -5.08. The summed E-state index contributed by atoms with van der Waals surface area (Å²) in [6.45, 7) is 3.28. The van der Waals surface area contributed by atoms with E-state index in [0.717, 1.165) is 36.3 Å². The lowest BCUT2D eigenvalue weighted by molar-refractivity contribution is -0.192. The van der Waals surface area contributed by atoms with Crippen LogP contribution in [0.2, 0.25) is 0 Å². The summed E-state index contributed by atoms with van der Waals surface area (Å²) >= 11 is 0. The molecule has 40 heavy (non-hydrogen) atoms. The van der Waals surface area contributed by atoms with Gasteiger partial charge in [0.15, 0.2) is 5.88 Å². The average molecular weight is 553 g/mol. The highest BCUT2D eigenvalue weighted by Crippen LogP contribution is 2.32. The summed E-state index contributed by atoms with van der Waals surface area (Å²) in [5, 5.41) is 18.7. The number of nitrogens with two attached hydrogens (primary N) is 1. The zero-order valence-electron chi connectivity index (χ0n) is 21.3. The Labute approximate surface area is 227 Å². The second-order valence-corrected chi connectivity index (χ2v) is 9.25. The Morgan fingerprint density at radius 3 is 2.15 bits per heavy atom. The number of fused-ring (bicyclic) bond motifs is 1. The maximum Gasteiger partial charge on any atom is 0.490 e. The van der Waals surface area contributed by atoms with E-state index in [1.165, 1.54) is 18.4 Å². The smallest absolute Gasteiger partial charge is 0.490 e. The van der Waals surface area contributed by atoms with Gasteiger partial charge in [0.25, 0.3) is 0 Å². The molecule has 4 aromatic rings. The molecule has 0 saturated carbocycles. The van der Waals surface area contributed by atoms with Gasteiger partial charge in [-0.05, 0) is 55.8 Å². The standard InChI is InChI=1S/C27H26N4O2.C2HF3O2/c28-26(32)20-10-13-22-23(16-20)30-27(33)24(22)25(19-6-2-1-3-7-19)29-21-11-8-18(9-12-21)17-31-14-4-5-15-31;3-2(4,5)1(6)7/h1-3,6-13,16,30,33H,4-5,14-15,17H2,(H2,28,32);(H,6,7). The van der Waals surface area contributed by atoms with Crippen molar-refractivity contribution in [3.63, 3.8) is 0 Å². The number of halogens is 3. The van der Waals surface area contributed by atoms with E-state index in [4.69, 9.17) is 20.6 Å². The summed E-state index contributed by atoms with van der Waals surface area (Å²) in [7, 11) is 0. The number of H-pyrrole nitrogens is 1. The highest BCUT2D eigenvalue weighted by atomic mass is 19.4. The zero-order chi connectivity index (χ0) is 28.9. The highest BCUT2D eigenvalue weighted by Gasteiger charge is 2.38. The number of carbonyl (C=O) groups excluding carboxylic acids is 1. The van der Waals surface area contributed by atoms with Gasteiger partial charge >= 0.3 is 12.1 Å². The van der Waals surface area contributed by atoms with Gasteiger partial charge in [0.1, 0.15) is 0 Å². The second-order valence-electron chi connectivity index (χ2n) is 9.25. The van der Waals surface area contributed by atoms with Crippen molar-refractivity contribution in [3.8, 4) is 5.88 Å². The predicted molar refractivity (Wildman–Crippen MR) is 145 cm³/mol. The van der Waals surface area contributed by atoms with Crippen LogP contribution in [0.4, 0.5) is 18.9 Å². The quantitative estimate of drug-likeness (QED) is 0.239. The lowest BCUT2D eigenvalue weighted by atomic mass is 10.00. The number of carboxylic acids is 1. The van der Waals surface area contributed by atoms with Crippen molar-refractivity contribution in [1.82, 2.24) is 9.88 Å². The van der Waals surface area contributed by atoms with Gasteiger partial charge in [0, 0.05) is 28.6 Å². The normalized spacial score (nSPS) is 14.1. The first kappa shape index (κ1) is 28.4. The Morgan fingerprint density at radius 2 is 1.57 bits per heavy atom. The predicted octanol–water partition coefficient (Wildman–Crippen LogP) is 5.37. The maximum atomic E-state index is 11.6. The van der Waals surface area contributed by atoms with E-state index in [9.17, 15) is 23.1 Å². The summed E-state index contributed by atoms with van der Waals surface area (Å²) in [5.74, 6) is -3.27. The number of carbonyl (C=O) groups is 2.